The van der Waals surface area contributed by atoms with Crippen LogP contribution in [0.4, 0.5) is 0 Å². The Hall–Kier alpha value is -1.24. The van der Waals surface area contributed by atoms with Crippen molar-refractivity contribution in [1.29, 1.82) is 0 Å². The summed E-state index contributed by atoms with van der Waals surface area (Å²) >= 11 is 0.320. The summed E-state index contributed by atoms with van der Waals surface area (Å²) in [7, 11) is 1.74. The summed E-state index contributed by atoms with van der Waals surface area (Å²) in [5, 5.41) is 0. The van der Waals surface area contributed by atoms with Gasteiger partial charge in [0, 0.05) is 0 Å². The molecule has 0 aliphatic heterocycles. The zero-order chi connectivity index (χ0) is 11.4. The van der Waals surface area contributed by atoms with Gasteiger partial charge in [0.15, 0.2) is 0 Å². The van der Waals surface area contributed by atoms with Crippen molar-refractivity contribution in [2.45, 2.75) is 6.92 Å². The Morgan fingerprint density at radius 1 is 1.00 bits per heavy atom. The first-order chi connectivity index (χ1) is 7.79. The van der Waals surface area contributed by atoms with Crippen molar-refractivity contribution >= 4 is 23.9 Å². The molecule has 0 radical (unpaired) electrons. The Kier molecular flexibility index (Phi) is 3.66. The summed E-state index contributed by atoms with van der Waals surface area (Å²) in [4.78, 5) is 0. The summed E-state index contributed by atoms with van der Waals surface area (Å²) in [5.41, 5.74) is 1.24. The molecule has 1 nitrogen and oxygen atoms in total. The molecule has 0 spiro atoms. The van der Waals surface area contributed by atoms with Crippen molar-refractivity contribution in [2.24, 2.45) is 0 Å². The van der Waals surface area contributed by atoms with E-state index in [0.717, 1.165) is 5.75 Å². The van der Waals surface area contributed by atoms with Crippen molar-refractivity contribution in [1.82, 2.24) is 0 Å². The van der Waals surface area contributed by atoms with Crippen LogP contribution >= 0.6 is 0 Å². The van der Waals surface area contributed by atoms with Gasteiger partial charge in [-0.1, -0.05) is 0 Å². The summed E-state index contributed by atoms with van der Waals surface area (Å²) in [5.74, 6) is 1.00. The Morgan fingerprint density at radius 2 is 1.75 bits per heavy atom. The van der Waals surface area contributed by atoms with Gasteiger partial charge in [-0.3, -0.25) is 0 Å². The van der Waals surface area contributed by atoms with Crippen LogP contribution in [-0.2, 0) is 0 Å². The van der Waals surface area contributed by atoms with Crippen molar-refractivity contribution in [2.75, 3.05) is 7.11 Å². The van der Waals surface area contributed by atoms with Crippen LogP contribution in [0.25, 0.3) is 0 Å². The van der Waals surface area contributed by atoms with E-state index in [4.69, 9.17) is 4.74 Å². The van der Waals surface area contributed by atoms with Crippen LogP contribution in [0.5, 0.6) is 5.75 Å². The van der Waals surface area contributed by atoms with E-state index in [1.54, 1.807) is 7.11 Å². The van der Waals surface area contributed by atoms with E-state index in [2.05, 4.69) is 49.4 Å². The van der Waals surface area contributed by atoms with Crippen molar-refractivity contribution in [3.05, 3.63) is 54.1 Å². The van der Waals surface area contributed by atoms with Crippen molar-refractivity contribution in [3.63, 3.8) is 0 Å². The first-order valence-corrected chi connectivity index (χ1v) is 6.88. The molecule has 16 heavy (non-hydrogen) atoms. The molecule has 0 unspecified atom stereocenters. The van der Waals surface area contributed by atoms with Crippen molar-refractivity contribution < 1.29 is 4.74 Å². The molecule has 0 bridgehead atoms. The van der Waals surface area contributed by atoms with E-state index in [1.807, 2.05) is 6.07 Å². The standard InChI is InChI=1S/C14H14OSe/c1-11-8-9-14(13(10-11)15-2)16-12-6-4-3-5-7-12/h3-10H,1-2H3. The van der Waals surface area contributed by atoms with E-state index in [0.29, 0.717) is 15.0 Å². The third-order valence-electron chi connectivity index (χ3n) is 2.29. The third kappa shape index (κ3) is 2.66. The van der Waals surface area contributed by atoms with Gasteiger partial charge in [0.2, 0.25) is 0 Å². The van der Waals surface area contributed by atoms with Gasteiger partial charge in [0.25, 0.3) is 0 Å². The van der Waals surface area contributed by atoms with Crippen LogP contribution < -0.4 is 13.7 Å². The predicted octanol–water partition coefficient (Wildman–Crippen LogP) is 1.66. The van der Waals surface area contributed by atoms with E-state index >= 15 is 0 Å². The van der Waals surface area contributed by atoms with Crippen LogP contribution in [0.2, 0.25) is 0 Å². The van der Waals surface area contributed by atoms with Gasteiger partial charge in [-0.05, 0) is 0 Å². The van der Waals surface area contributed by atoms with Crippen LogP contribution in [-0.4, -0.2) is 22.1 Å². The first-order valence-electron chi connectivity index (χ1n) is 5.17. The summed E-state index contributed by atoms with van der Waals surface area (Å²) < 4.78 is 8.08. The molecule has 2 aromatic rings. The van der Waals surface area contributed by atoms with Crippen LogP contribution in [0.1, 0.15) is 5.56 Å². The number of benzene rings is 2. The molecular formula is C14H14OSe. The first kappa shape index (κ1) is 11.3. The fourth-order valence-corrected chi connectivity index (χ4v) is 3.42. The molecule has 0 atom stereocenters. The number of ether oxygens (including phenoxy) is 1. The Balaban J connectivity index is 2.28. The van der Waals surface area contributed by atoms with Gasteiger partial charge < -0.3 is 0 Å². The van der Waals surface area contributed by atoms with Gasteiger partial charge in [-0.25, -0.2) is 0 Å². The minimum absolute atomic E-state index is 0.320. The summed E-state index contributed by atoms with van der Waals surface area (Å²) in [6, 6.07) is 16.9. The molecule has 2 rings (SSSR count). The second-order valence-electron chi connectivity index (χ2n) is 3.57. The van der Waals surface area contributed by atoms with Crippen LogP contribution in [0, 0.1) is 6.92 Å². The number of hydrogen-bond donors (Lipinski definition) is 0. The molecule has 2 aromatic carbocycles. The fraction of sp³-hybridized carbons (Fsp3) is 0.143. The molecular weight excluding hydrogens is 263 g/mol. The van der Waals surface area contributed by atoms with E-state index in [-0.39, 0.29) is 0 Å². The zero-order valence-electron chi connectivity index (χ0n) is 9.44. The molecule has 0 aliphatic rings. The fourth-order valence-electron chi connectivity index (χ4n) is 1.47. The second-order valence-corrected chi connectivity index (χ2v) is 5.91. The molecule has 0 aliphatic carbocycles. The summed E-state index contributed by atoms with van der Waals surface area (Å²) in [6.07, 6.45) is 0. The van der Waals surface area contributed by atoms with Gasteiger partial charge >= 0.3 is 102 Å². The SMILES string of the molecule is COc1cc(C)ccc1[Se]c1ccccc1. The van der Waals surface area contributed by atoms with Gasteiger partial charge in [0.1, 0.15) is 0 Å². The molecule has 0 fully saturated rings. The average Bonchev–Trinajstić information content (AvgIpc) is 2.33. The molecule has 0 N–H and O–H groups in total. The van der Waals surface area contributed by atoms with Gasteiger partial charge in [-0.15, -0.1) is 0 Å². The van der Waals surface area contributed by atoms with E-state index < -0.39 is 0 Å². The molecule has 0 saturated carbocycles. The normalized spacial score (nSPS) is 10.1. The van der Waals surface area contributed by atoms with Crippen LogP contribution in [0.15, 0.2) is 48.5 Å². The van der Waals surface area contributed by atoms with Crippen molar-refractivity contribution in [3.8, 4) is 5.75 Å². The topological polar surface area (TPSA) is 9.23 Å². The number of methoxy groups -OCH3 is 1. The number of rotatable bonds is 3. The Bertz CT molecular complexity index is 465. The van der Waals surface area contributed by atoms with Crippen LogP contribution in [0.3, 0.4) is 0 Å². The maximum atomic E-state index is 5.41. The molecule has 2 heteroatoms. The zero-order valence-corrected chi connectivity index (χ0v) is 11.1. The summed E-state index contributed by atoms with van der Waals surface area (Å²) in [6.45, 7) is 2.09. The third-order valence-corrected chi connectivity index (χ3v) is 4.52. The molecule has 0 aromatic heterocycles. The molecule has 82 valence electrons. The molecule has 0 heterocycles. The molecule has 0 saturated heterocycles. The van der Waals surface area contributed by atoms with E-state index in [1.165, 1.54) is 14.5 Å². The monoisotopic (exact) mass is 278 g/mol. The number of hydrogen-bond acceptors (Lipinski definition) is 1. The Morgan fingerprint density at radius 3 is 2.44 bits per heavy atom. The second kappa shape index (κ2) is 5.20. The minimum atomic E-state index is 0.320. The maximum absolute atomic E-state index is 5.41. The quantitative estimate of drug-likeness (QED) is 0.775. The van der Waals surface area contributed by atoms with Gasteiger partial charge in [-0.2, -0.15) is 0 Å². The van der Waals surface area contributed by atoms with E-state index in [9.17, 15) is 0 Å². The van der Waals surface area contributed by atoms with Gasteiger partial charge in [0.05, 0.1) is 0 Å². The molecule has 0 amide bonds. The predicted molar refractivity (Wildman–Crippen MR) is 69.2 cm³/mol. The average molecular weight is 277 g/mol. The Labute approximate surface area is 103 Å². The number of aryl methyl sites for hydroxylation is 1.